The van der Waals surface area contributed by atoms with E-state index in [2.05, 4.69) is 22.2 Å². The van der Waals surface area contributed by atoms with Crippen molar-refractivity contribution in [1.82, 2.24) is 15.1 Å². The second-order valence-electron chi connectivity index (χ2n) is 6.27. The van der Waals surface area contributed by atoms with Crippen LogP contribution in [0.1, 0.15) is 25.7 Å². The summed E-state index contributed by atoms with van der Waals surface area (Å²) in [6, 6.07) is 0. The molecule has 0 radical (unpaired) electrons. The van der Waals surface area contributed by atoms with E-state index in [1.807, 2.05) is 0 Å². The fraction of sp³-hybridized carbons (Fsp3) is 0.867. The maximum Gasteiger partial charge on any atom is 0.307 e. The van der Waals surface area contributed by atoms with Gasteiger partial charge in [-0.05, 0) is 19.9 Å². The molecule has 2 fully saturated rings. The van der Waals surface area contributed by atoms with Gasteiger partial charge in [0.25, 0.3) is 0 Å². The third kappa shape index (κ3) is 4.68. The summed E-state index contributed by atoms with van der Waals surface area (Å²) in [5.74, 6) is -1.74. The van der Waals surface area contributed by atoms with Crippen LogP contribution in [0.25, 0.3) is 0 Å². The van der Waals surface area contributed by atoms with Gasteiger partial charge in [-0.25, -0.2) is 0 Å². The second kappa shape index (κ2) is 7.75. The molecule has 1 amide bonds. The molecule has 1 saturated heterocycles. The number of piperazine rings is 1. The van der Waals surface area contributed by atoms with Gasteiger partial charge in [0.1, 0.15) is 0 Å². The number of hydrogen-bond donors (Lipinski definition) is 2. The van der Waals surface area contributed by atoms with Crippen molar-refractivity contribution >= 4 is 11.9 Å². The van der Waals surface area contributed by atoms with Gasteiger partial charge in [0.2, 0.25) is 5.91 Å². The average Bonchev–Trinajstić information content (AvgIpc) is 2.49. The lowest BCUT2D eigenvalue weighted by molar-refractivity contribution is -0.148. The zero-order valence-corrected chi connectivity index (χ0v) is 12.9. The molecule has 2 aliphatic rings. The lowest BCUT2D eigenvalue weighted by atomic mass is 9.79. The van der Waals surface area contributed by atoms with E-state index in [1.165, 1.54) is 0 Å². The highest BCUT2D eigenvalue weighted by molar-refractivity contribution is 5.84. The summed E-state index contributed by atoms with van der Waals surface area (Å²) in [5.41, 5.74) is 0. The first kappa shape index (κ1) is 16.2. The Hall–Kier alpha value is -1.14. The molecule has 0 unspecified atom stereocenters. The average molecular weight is 297 g/mol. The number of hydrogen-bond acceptors (Lipinski definition) is 4. The van der Waals surface area contributed by atoms with E-state index in [0.717, 1.165) is 45.6 Å². The van der Waals surface area contributed by atoms with E-state index in [1.54, 1.807) is 0 Å². The molecular formula is C15H27N3O3. The van der Waals surface area contributed by atoms with E-state index in [-0.39, 0.29) is 11.8 Å². The Morgan fingerprint density at radius 1 is 1.10 bits per heavy atom. The molecule has 0 aromatic heterocycles. The topological polar surface area (TPSA) is 72.9 Å². The number of carboxylic acid groups (broad SMARTS) is 1. The van der Waals surface area contributed by atoms with Crippen molar-refractivity contribution < 1.29 is 14.7 Å². The zero-order chi connectivity index (χ0) is 15.2. The number of aliphatic carboxylic acids is 1. The molecule has 1 aliphatic heterocycles. The predicted molar refractivity (Wildman–Crippen MR) is 80.0 cm³/mol. The van der Waals surface area contributed by atoms with Gasteiger partial charge in [0.15, 0.2) is 0 Å². The number of carboxylic acids is 1. The molecule has 21 heavy (non-hydrogen) atoms. The standard InChI is InChI=1S/C15H27N3O3/c1-17-8-10-18(11-9-17)7-6-16-14(19)12-4-2-3-5-13(12)15(20)21/h12-13H,2-11H2,1H3,(H,16,19)(H,20,21)/t12-,13+/m1/s1. The Balaban J connectivity index is 1.72. The predicted octanol–water partition coefficient (Wildman–Crippen LogP) is 0.241. The van der Waals surface area contributed by atoms with Crippen LogP contribution in [0.2, 0.25) is 0 Å². The first-order chi connectivity index (χ1) is 10.1. The van der Waals surface area contributed by atoms with Gasteiger partial charge in [-0.15, -0.1) is 0 Å². The molecule has 2 rings (SSSR count). The molecule has 0 aromatic carbocycles. The third-order valence-corrected chi connectivity index (χ3v) is 4.74. The number of nitrogens with zero attached hydrogens (tertiary/aromatic N) is 2. The van der Waals surface area contributed by atoms with Crippen molar-refractivity contribution in [3.8, 4) is 0 Å². The number of nitrogens with one attached hydrogen (secondary N) is 1. The summed E-state index contributed by atoms with van der Waals surface area (Å²) >= 11 is 0. The van der Waals surface area contributed by atoms with Gasteiger partial charge < -0.3 is 15.3 Å². The van der Waals surface area contributed by atoms with Crippen LogP contribution in [-0.2, 0) is 9.59 Å². The first-order valence-electron chi connectivity index (χ1n) is 7.99. The van der Waals surface area contributed by atoms with Gasteiger partial charge in [-0.2, -0.15) is 0 Å². The van der Waals surface area contributed by atoms with Crippen LogP contribution >= 0.6 is 0 Å². The number of amides is 1. The minimum absolute atomic E-state index is 0.0729. The molecule has 1 saturated carbocycles. The van der Waals surface area contributed by atoms with Crippen molar-refractivity contribution in [3.63, 3.8) is 0 Å². The fourth-order valence-electron chi connectivity index (χ4n) is 3.28. The van der Waals surface area contributed by atoms with E-state index in [0.29, 0.717) is 19.4 Å². The van der Waals surface area contributed by atoms with Crippen LogP contribution in [0, 0.1) is 11.8 Å². The molecular weight excluding hydrogens is 270 g/mol. The molecule has 0 bridgehead atoms. The highest BCUT2D eigenvalue weighted by Crippen LogP contribution is 2.30. The molecule has 1 heterocycles. The Kier molecular flexibility index (Phi) is 5.99. The van der Waals surface area contributed by atoms with Crippen LogP contribution in [-0.4, -0.2) is 73.1 Å². The largest absolute Gasteiger partial charge is 0.481 e. The molecule has 2 N–H and O–H groups in total. The fourth-order valence-corrected chi connectivity index (χ4v) is 3.28. The summed E-state index contributed by atoms with van der Waals surface area (Å²) in [6.07, 6.45) is 3.21. The molecule has 120 valence electrons. The maximum atomic E-state index is 12.2. The van der Waals surface area contributed by atoms with Crippen molar-refractivity contribution in [2.75, 3.05) is 46.3 Å². The monoisotopic (exact) mass is 297 g/mol. The van der Waals surface area contributed by atoms with E-state index >= 15 is 0 Å². The minimum Gasteiger partial charge on any atom is -0.481 e. The molecule has 1 aliphatic carbocycles. The van der Waals surface area contributed by atoms with E-state index < -0.39 is 11.9 Å². The lowest BCUT2D eigenvalue weighted by Gasteiger charge is -2.32. The highest BCUT2D eigenvalue weighted by atomic mass is 16.4. The van der Waals surface area contributed by atoms with E-state index in [4.69, 9.17) is 0 Å². The number of carbonyl (C=O) groups is 2. The quantitative estimate of drug-likeness (QED) is 0.760. The van der Waals surface area contributed by atoms with Crippen molar-refractivity contribution in [2.45, 2.75) is 25.7 Å². The smallest absolute Gasteiger partial charge is 0.307 e. The van der Waals surface area contributed by atoms with Crippen LogP contribution in [0.15, 0.2) is 0 Å². The van der Waals surface area contributed by atoms with Crippen molar-refractivity contribution in [1.29, 1.82) is 0 Å². The SMILES string of the molecule is CN1CCN(CCNC(=O)[C@@H]2CCCC[C@@H]2C(=O)O)CC1. The summed E-state index contributed by atoms with van der Waals surface area (Å²) in [5, 5.41) is 12.2. The van der Waals surface area contributed by atoms with Gasteiger partial charge >= 0.3 is 5.97 Å². The summed E-state index contributed by atoms with van der Waals surface area (Å²) in [7, 11) is 2.12. The normalized spacial score (nSPS) is 28.2. The van der Waals surface area contributed by atoms with Crippen LogP contribution in [0.4, 0.5) is 0 Å². The molecule has 6 heteroatoms. The summed E-state index contributed by atoms with van der Waals surface area (Å²) in [4.78, 5) is 28.1. The molecule has 6 nitrogen and oxygen atoms in total. The van der Waals surface area contributed by atoms with E-state index in [9.17, 15) is 14.7 Å². The van der Waals surface area contributed by atoms with Crippen LogP contribution in [0.3, 0.4) is 0 Å². The minimum atomic E-state index is -0.825. The van der Waals surface area contributed by atoms with Crippen molar-refractivity contribution in [3.05, 3.63) is 0 Å². The Morgan fingerprint density at radius 2 is 1.71 bits per heavy atom. The van der Waals surface area contributed by atoms with Gasteiger partial charge in [0.05, 0.1) is 11.8 Å². The molecule has 0 spiro atoms. The maximum absolute atomic E-state index is 12.2. The number of rotatable bonds is 5. The Morgan fingerprint density at radius 3 is 2.33 bits per heavy atom. The molecule has 0 aromatic rings. The van der Waals surface area contributed by atoms with Crippen LogP contribution in [0.5, 0.6) is 0 Å². The second-order valence-corrected chi connectivity index (χ2v) is 6.27. The van der Waals surface area contributed by atoms with Gasteiger partial charge in [-0.3, -0.25) is 14.5 Å². The number of carbonyl (C=O) groups excluding carboxylic acids is 1. The Labute approximate surface area is 126 Å². The zero-order valence-electron chi connectivity index (χ0n) is 12.9. The van der Waals surface area contributed by atoms with Crippen molar-refractivity contribution in [2.24, 2.45) is 11.8 Å². The summed E-state index contributed by atoms with van der Waals surface area (Å²) < 4.78 is 0. The summed E-state index contributed by atoms with van der Waals surface area (Å²) in [6.45, 7) is 5.67. The number of likely N-dealkylation sites (N-methyl/N-ethyl adjacent to an activating group) is 1. The lowest BCUT2D eigenvalue weighted by Crippen LogP contribution is -2.48. The highest BCUT2D eigenvalue weighted by Gasteiger charge is 2.35. The first-order valence-corrected chi connectivity index (χ1v) is 7.99. The Bertz CT molecular complexity index is 367. The van der Waals surface area contributed by atoms with Crippen LogP contribution < -0.4 is 5.32 Å². The third-order valence-electron chi connectivity index (χ3n) is 4.74. The molecule has 2 atom stereocenters. The van der Waals surface area contributed by atoms with Gasteiger partial charge in [0, 0.05) is 39.3 Å². The van der Waals surface area contributed by atoms with Gasteiger partial charge in [-0.1, -0.05) is 12.8 Å².